The van der Waals surface area contributed by atoms with Crippen LogP contribution in [-0.4, -0.2) is 21.7 Å². The highest BCUT2D eigenvalue weighted by Crippen LogP contribution is 2.31. The number of unbranched alkanes of at least 4 members (excludes halogenated alkanes) is 1. The normalized spacial score (nSPS) is 11.3. The van der Waals surface area contributed by atoms with E-state index in [1.165, 1.54) is 12.3 Å². The summed E-state index contributed by atoms with van der Waals surface area (Å²) < 4.78 is 37.8. The number of alkyl halides is 3. The van der Waals surface area contributed by atoms with E-state index in [9.17, 15) is 22.8 Å². The summed E-state index contributed by atoms with van der Waals surface area (Å²) in [6, 6.07) is 3.94. The molecule has 0 unspecified atom stereocenters. The molecule has 150 valence electrons. The van der Waals surface area contributed by atoms with Gasteiger partial charge in [0, 0.05) is 30.8 Å². The fourth-order valence-corrected chi connectivity index (χ4v) is 2.69. The molecule has 0 bridgehead atoms. The third-order valence-corrected chi connectivity index (χ3v) is 4.31. The van der Waals surface area contributed by atoms with Crippen molar-refractivity contribution in [1.29, 1.82) is 0 Å². The number of amides is 1. The number of rotatable bonds is 8. The molecule has 2 aromatic heterocycles. The highest BCUT2D eigenvalue weighted by molar-refractivity contribution is 6.31. The molecule has 0 aliphatic heterocycles. The number of hydrogen-bond acceptors (Lipinski definition) is 4. The molecule has 0 atom stereocenters. The molecule has 2 heterocycles. The average molecular weight is 414 g/mol. The summed E-state index contributed by atoms with van der Waals surface area (Å²) in [5.41, 5.74) is -0.0808. The maximum absolute atomic E-state index is 12.6. The molecular weight excluding hydrogens is 395 g/mol. The molecular formula is C19H19ClF3N3O2. The van der Waals surface area contributed by atoms with E-state index in [1.807, 2.05) is 0 Å². The van der Waals surface area contributed by atoms with Crippen LogP contribution in [0.5, 0.6) is 0 Å². The van der Waals surface area contributed by atoms with Gasteiger partial charge in [0.05, 0.1) is 16.3 Å². The van der Waals surface area contributed by atoms with Gasteiger partial charge in [0.25, 0.3) is 0 Å². The number of Topliss-reactive ketones (excluding diaryl/α,β-unsaturated/α-hetero) is 1. The number of pyridine rings is 2. The summed E-state index contributed by atoms with van der Waals surface area (Å²) in [5, 5.41) is 2.56. The third kappa shape index (κ3) is 6.30. The molecule has 1 amide bonds. The van der Waals surface area contributed by atoms with Gasteiger partial charge < -0.3 is 5.32 Å². The maximum atomic E-state index is 12.6. The van der Waals surface area contributed by atoms with Crippen LogP contribution in [0.2, 0.25) is 5.02 Å². The Bertz CT molecular complexity index is 857. The minimum Gasteiger partial charge on any atom is -0.311 e. The standard InChI is InChI=1S/C19H19ClF3N3O2/c1-2-18(28)26-17-9-12(7-8-24-17)16(27)6-4-3-5-15-14(20)10-13(11-25-15)19(21,22)23/h7-11H,2-6H2,1H3,(H,24,26,28). The molecule has 2 aromatic rings. The molecule has 0 aromatic carbocycles. The largest absolute Gasteiger partial charge is 0.417 e. The van der Waals surface area contributed by atoms with E-state index in [1.54, 1.807) is 13.0 Å². The highest BCUT2D eigenvalue weighted by atomic mass is 35.5. The summed E-state index contributed by atoms with van der Waals surface area (Å²) in [5.74, 6) is 0.0114. The van der Waals surface area contributed by atoms with E-state index in [4.69, 9.17) is 11.6 Å². The van der Waals surface area contributed by atoms with E-state index < -0.39 is 11.7 Å². The molecule has 0 spiro atoms. The number of nitrogens with zero attached hydrogens (tertiary/aromatic N) is 2. The lowest BCUT2D eigenvalue weighted by Crippen LogP contribution is -2.11. The number of halogens is 4. The van der Waals surface area contributed by atoms with Crippen LogP contribution in [0.1, 0.15) is 54.2 Å². The van der Waals surface area contributed by atoms with E-state index in [-0.39, 0.29) is 23.1 Å². The second-order valence-corrected chi connectivity index (χ2v) is 6.52. The van der Waals surface area contributed by atoms with E-state index in [0.717, 1.165) is 12.3 Å². The number of hydrogen-bond donors (Lipinski definition) is 1. The number of nitrogens with one attached hydrogen (secondary N) is 1. The fourth-order valence-electron chi connectivity index (χ4n) is 2.43. The van der Waals surface area contributed by atoms with Crippen molar-refractivity contribution in [2.24, 2.45) is 0 Å². The lowest BCUT2D eigenvalue weighted by molar-refractivity contribution is -0.137. The predicted molar refractivity (Wildman–Crippen MR) is 99.3 cm³/mol. The van der Waals surface area contributed by atoms with Gasteiger partial charge in [-0.3, -0.25) is 14.6 Å². The zero-order chi connectivity index (χ0) is 20.7. The van der Waals surface area contributed by atoms with Gasteiger partial charge in [-0.25, -0.2) is 4.98 Å². The van der Waals surface area contributed by atoms with Crippen molar-refractivity contribution in [3.63, 3.8) is 0 Å². The zero-order valence-corrected chi connectivity index (χ0v) is 15.9. The number of carbonyl (C=O) groups excluding carboxylic acids is 2. The van der Waals surface area contributed by atoms with Gasteiger partial charge in [-0.1, -0.05) is 18.5 Å². The lowest BCUT2D eigenvalue weighted by Gasteiger charge is -2.09. The Hall–Kier alpha value is -2.48. The molecule has 0 saturated heterocycles. The summed E-state index contributed by atoms with van der Waals surface area (Å²) in [4.78, 5) is 31.4. The third-order valence-electron chi connectivity index (χ3n) is 3.98. The van der Waals surface area contributed by atoms with E-state index in [0.29, 0.717) is 42.8 Å². The Kier molecular flexibility index (Phi) is 7.51. The monoisotopic (exact) mass is 413 g/mol. The van der Waals surface area contributed by atoms with Gasteiger partial charge in [-0.15, -0.1) is 0 Å². The molecule has 0 aliphatic rings. The number of ketones is 1. The molecule has 5 nitrogen and oxygen atoms in total. The Morgan fingerprint density at radius 3 is 2.57 bits per heavy atom. The van der Waals surface area contributed by atoms with Gasteiger partial charge >= 0.3 is 6.18 Å². The second-order valence-electron chi connectivity index (χ2n) is 6.11. The number of aromatic nitrogens is 2. The van der Waals surface area contributed by atoms with Crippen LogP contribution in [0.4, 0.5) is 19.0 Å². The second kappa shape index (κ2) is 9.64. The summed E-state index contributed by atoms with van der Waals surface area (Å²) in [6.45, 7) is 1.71. The van der Waals surface area contributed by atoms with E-state index >= 15 is 0 Å². The Morgan fingerprint density at radius 2 is 1.93 bits per heavy atom. The fraction of sp³-hybridized carbons (Fsp3) is 0.368. The van der Waals surface area contributed by atoms with Crippen molar-refractivity contribution in [3.8, 4) is 0 Å². The first-order chi connectivity index (χ1) is 13.2. The smallest absolute Gasteiger partial charge is 0.311 e. The molecule has 1 N–H and O–H groups in total. The quantitative estimate of drug-likeness (QED) is 0.483. The number of aryl methyl sites for hydroxylation is 1. The predicted octanol–water partition coefficient (Wildman–Crippen LogP) is 5.09. The molecule has 0 radical (unpaired) electrons. The summed E-state index contributed by atoms with van der Waals surface area (Å²) >= 11 is 5.87. The SMILES string of the molecule is CCC(=O)Nc1cc(C(=O)CCCCc2ncc(C(F)(F)F)cc2Cl)ccn1. The Morgan fingerprint density at radius 1 is 1.18 bits per heavy atom. The molecule has 0 saturated carbocycles. The maximum Gasteiger partial charge on any atom is 0.417 e. The van der Waals surface area contributed by atoms with Crippen LogP contribution in [0.25, 0.3) is 0 Å². The van der Waals surface area contributed by atoms with Gasteiger partial charge in [0.1, 0.15) is 5.82 Å². The van der Waals surface area contributed by atoms with Crippen LogP contribution in [0.3, 0.4) is 0 Å². The van der Waals surface area contributed by atoms with Crippen LogP contribution < -0.4 is 5.32 Å². The summed E-state index contributed by atoms with van der Waals surface area (Å²) in [7, 11) is 0. The zero-order valence-electron chi connectivity index (χ0n) is 15.1. The van der Waals surface area contributed by atoms with Crippen molar-refractivity contribution in [2.75, 3.05) is 5.32 Å². The molecule has 0 fully saturated rings. The topological polar surface area (TPSA) is 72.0 Å². The minimum atomic E-state index is -4.48. The van der Waals surface area contributed by atoms with Gasteiger partial charge in [-0.2, -0.15) is 13.2 Å². The first-order valence-corrected chi connectivity index (χ1v) is 9.09. The first kappa shape index (κ1) is 21.8. The van der Waals surface area contributed by atoms with E-state index in [2.05, 4.69) is 15.3 Å². The van der Waals surface area contributed by atoms with Gasteiger partial charge in [-0.05, 0) is 37.5 Å². The number of carbonyl (C=O) groups is 2. The summed E-state index contributed by atoms with van der Waals surface area (Å²) in [6.07, 6.45) is -0.269. The van der Waals surface area contributed by atoms with Crippen LogP contribution in [-0.2, 0) is 17.4 Å². The first-order valence-electron chi connectivity index (χ1n) is 8.71. The molecule has 0 aliphatic carbocycles. The van der Waals surface area contributed by atoms with Gasteiger partial charge in [0.2, 0.25) is 5.91 Å². The van der Waals surface area contributed by atoms with Crippen LogP contribution >= 0.6 is 11.6 Å². The lowest BCUT2D eigenvalue weighted by atomic mass is 10.0. The molecule has 28 heavy (non-hydrogen) atoms. The molecule has 9 heteroatoms. The van der Waals surface area contributed by atoms with Crippen molar-refractivity contribution < 1.29 is 22.8 Å². The Labute approximate surface area is 165 Å². The van der Waals surface area contributed by atoms with Crippen molar-refractivity contribution in [3.05, 3.63) is 52.4 Å². The van der Waals surface area contributed by atoms with Crippen molar-refractivity contribution >= 4 is 29.1 Å². The van der Waals surface area contributed by atoms with Gasteiger partial charge in [0.15, 0.2) is 5.78 Å². The molecule has 2 rings (SSSR count). The minimum absolute atomic E-state index is 0.0356. The Balaban J connectivity index is 1.86. The van der Waals surface area contributed by atoms with Crippen molar-refractivity contribution in [2.45, 2.75) is 45.2 Å². The van der Waals surface area contributed by atoms with Crippen LogP contribution in [0.15, 0.2) is 30.6 Å². The van der Waals surface area contributed by atoms with Crippen LogP contribution in [0, 0.1) is 0 Å². The average Bonchev–Trinajstić information content (AvgIpc) is 2.65. The van der Waals surface area contributed by atoms with Crippen molar-refractivity contribution in [1.82, 2.24) is 9.97 Å². The number of anilines is 1. The highest BCUT2D eigenvalue weighted by Gasteiger charge is 2.31.